The molecule has 0 radical (unpaired) electrons. The average molecular weight is 215 g/mol. The number of thiazole rings is 1. The van der Waals surface area contributed by atoms with E-state index >= 15 is 0 Å². The van der Waals surface area contributed by atoms with E-state index in [-0.39, 0.29) is 18.2 Å². The van der Waals surface area contributed by atoms with Crippen LogP contribution in [0.25, 0.3) is 0 Å². The molecule has 0 aliphatic heterocycles. The summed E-state index contributed by atoms with van der Waals surface area (Å²) < 4.78 is 20.9. The highest BCUT2D eigenvalue weighted by atomic mass is 35.5. The fraction of sp³-hybridized carbons (Fsp3) is 0.250. The SMILES string of the molecule is Cl.NS(=O)(=O)Cc1cscn1. The number of nitrogens with two attached hydrogens (primary N) is 1. The van der Waals surface area contributed by atoms with E-state index in [9.17, 15) is 8.42 Å². The van der Waals surface area contributed by atoms with Gasteiger partial charge in [0.25, 0.3) is 0 Å². The topological polar surface area (TPSA) is 73.1 Å². The van der Waals surface area contributed by atoms with Crippen molar-refractivity contribution in [1.82, 2.24) is 4.98 Å². The van der Waals surface area contributed by atoms with Gasteiger partial charge < -0.3 is 0 Å². The molecule has 0 amide bonds. The van der Waals surface area contributed by atoms with Crippen LogP contribution in [-0.4, -0.2) is 13.4 Å². The third-order valence-corrected chi connectivity index (χ3v) is 2.17. The second-order valence-corrected chi connectivity index (χ2v) is 4.12. The second kappa shape index (κ2) is 4.01. The standard InChI is InChI=1S/C4H6N2O2S2.ClH/c5-10(7,8)2-4-1-9-3-6-4;/h1,3H,2H2,(H2,5,7,8);1H. The molecule has 1 aromatic rings. The van der Waals surface area contributed by atoms with Crippen LogP contribution in [0.15, 0.2) is 10.9 Å². The van der Waals surface area contributed by atoms with Crippen molar-refractivity contribution < 1.29 is 8.42 Å². The predicted octanol–water partition coefficient (Wildman–Crippen LogP) is 0.353. The van der Waals surface area contributed by atoms with Crippen molar-refractivity contribution in [3.8, 4) is 0 Å². The Morgan fingerprint density at radius 2 is 2.27 bits per heavy atom. The van der Waals surface area contributed by atoms with Gasteiger partial charge in [-0.1, -0.05) is 0 Å². The largest absolute Gasteiger partial charge is 0.249 e. The molecule has 0 fully saturated rings. The van der Waals surface area contributed by atoms with Crippen LogP contribution in [0.5, 0.6) is 0 Å². The summed E-state index contributed by atoms with van der Waals surface area (Å²) in [5, 5.41) is 6.42. The van der Waals surface area contributed by atoms with Gasteiger partial charge in [0.2, 0.25) is 10.0 Å². The first-order chi connectivity index (χ1) is 4.58. The Morgan fingerprint density at radius 3 is 2.64 bits per heavy atom. The summed E-state index contributed by atoms with van der Waals surface area (Å²) in [6, 6.07) is 0. The van der Waals surface area contributed by atoms with Crippen LogP contribution < -0.4 is 5.14 Å². The number of aromatic nitrogens is 1. The third-order valence-electron chi connectivity index (χ3n) is 0.833. The van der Waals surface area contributed by atoms with Gasteiger partial charge in [-0.25, -0.2) is 18.5 Å². The number of nitrogens with zero attached hydrogens (tertiary/aromatic N) is 1. The minimum absolute atomic E-state index is 0. The van der Waals surface area contributed by atoms with Crippen molar-refractivity contribution >= 4 is 33.8 Å². The molecule has 11 heavy (non-hydrogen) atoms. The van der Waals surface area contributed by atoms with E-state index in [1.54, 1.807) is 10.9 Å². The maximum absolute atomic E-state index is 10.4. The Morgan fingerprint density at radius 1 is 1.64 bits per heavy atom. The van der Waals surface area contributed by atoms with Crippen LogP contribution in [0.4, 0.5) is 0 Å². The van der Waals surface area contributed by atoms with Crippen molar-refractivity contribution in [2.45, 2.75) is 5.75 Å². The Labute approximate surface area is 74.9 Å². The zero-order valence-electron chi connectivity index (χ0n) is 5.43. The molecule has 0 aliphatic carbocycles. The molecule has 1 rings (SSSR count). The Bertz CT molecular complexity index is 294. The van der Waals surface area contributed by atoms with Gasteiger partial charge >= 0.3 is 0 Å². The molecule has 0 bridgehead atoms. The van der Waals surface area contributed by atoms with Gasteiger partial charge in [0.05, 0.1) is 11.2 Å². The first-order valence-corrected chi connectivity index (χ1v) is 5.11. The Hall–Kier alpha value is -0.170. The fourth-order valence-corrected chi connectivity index (χ4v) is 1.75. The molecule has 0 saturated carbocycles. The smallest absolute Gasteiger partial charge is 0.214 e. The third kappa shape index (κ3) is 4.31. The summed E-state index contributed by atoms with van der Waals surface area (Å²) >= 11 is 1.35. The molecule has 0 spiro atoms. The van der Waals surface area contributed by atoms with E-state index < -0.39 is 10.0 Å². The van der Waals surface area contributed by atoms with Gasteiger partial charge in [-0.3, -0.25) is 0 Å². The van der Waals surface area contributed by atoms with E-state index in [0.29, 0.717) is 5.69 Å². The normalized spacial score (nSPS) is 10.6. The van der Waals surface area contributed by atoms with Gasteiger partial charge in [0.1, 0.15) is 5.75 Å². The maximum Gasteiger partial charge on any atom is 0.214 e. The van der Waals surface area contributed by atoms with Crippen molar-refractivity contribution in [2.24, 2.45) is 5.14 Å². The lowest BCUT2D eigenvalue weighted by Gasteiger charge is -1.90. The number of halogens is 1. The zero-order valence-corrected chi connectivity index (χ0v) is 7.88. The fourth-order valence-electron chi connectivity index (χ4n) is 0.515. The van der Waals surface area contributed by atoms with Crippen LogP contribution >= 0.6 is 23.7 Å². The zero-order chi connectivity index (χ0) is 7.61. The van der Waals surface area contributed by atoms with E-state index in [1.165, 1.54) is 11.3 Å². The summed E-state index contributed by atoms with van der Waals surface area (Å²) in [4.78, 5) is 3.76. The van der Waals surface area contributed by atoms with Gasteiger partial charge in [0.15, 0.2) is 0 Å². The highest BCUT2D eigenvalue weighted by molar-refractivity contribution is 7.88. The second-order valence-electron chi connectivity index (χ2n) is 1.79. The van der Waals surface area contributed by atoms with Crippen LogP contribution in [0.2, 0.25) is 0 Å². The predicted molar refractivity (Wildman–Crippen MR) is 46.2 cm³/mol. The van der Waals surface area contributed by atoms with Crippen molar-refractivity contribution in [3.05, 3.63) is 16.6 Å². The average Bonchev–Trinajstić information content (AvgIpc) is 2.12. The lowest BCUT2D eigenvalue weighted by Crippen LogP contribution is -2.14. The molecule has 2 N–H and O–H groups in total. The van der Waals surface area contributed by atoms with Gasteiger partial charge in [0, 0.05) is 5.38 Å². The lowest BCUT2D eigenvalue weighted by molar-refractivity contribution is 0.596. The molecule has 0 aromatic carbocycles. The minimum Gasteiger partial charge on any atom is -0.249 e. The van der Waals surface area contributed by atoms with Crippen LogP contribution in [0.1, 0.15) is 5.69 Å². The molecule has 1 aromatic heterocycles. The van der Waals surface area contributed by atoms with Crippen molar-refractivity contribution in [1.29, 1.82) is 0 Å². The van der Waals surface area contributed by atoms with E-state index in [2.05, 4.69) is 4.98 Å². The minimum atomic E-state index is -3.40. The van der Waals surface area contributed by atoms with Crippen LogP contribution in [-0.2, 0) is 15.8 Å². The van der Waals surface area contributed by atoms with Crippen molar-refractivity contribution in [2.75, 3.05) is 0 Å². The van der Waals surface area contributed by atoms with E-state index in [1.807, 2.05) is 0 Å². The number of hydrogen-bond donors (Lipinski definition) is 1. The Balaban J connectivity index is 0.000001000. The first kappa shape index (κ1) is 10.8. The lowest BCUT2D eigenvalue weighted by atomic mass is 10.6. The van der Waals surface area contributed by atoms with Crippen LogP contribution in [0.3, 0.4) is 0 Å². The van der Waals surface area contributed by atoms with Crippen LogP contribution in [0, 0.1) is 0 Å². The van der Waals surface area contributed by atoms with E-state index in [0.717, 1.165) is 0 Å². The summed E-state index contributed by atoms with van der Waals surface area (Å²) in [7, 11) is -3.40. The van der Waals surface area contributed by atoms with E-state index in [4.69, 9.17) is 5.14 Å². The summed E-state index contributed by atoms with van der Waals surface area (Å²) in [6.07, 6.45) is 0. The molecule has 0 atom stereocenters. The first-order valence-electron chi connectivity index (χ1n) is 2.45. The number of sulfonamides is 1. The van der Waals surface area contributed by atoms with Crippen molar-refractivity contribution in [3.63, 3.8) is 0 Å². The molecule has 0 aliphatic rings. The summed E-state index contributed by atoms with van der Waals surface area (Å²) in [6.45, 7) is 0. The van der Waals surface area contributed by atoms with Gasteiger partial charge in [-0.05, 0) is 0 Å². The molecule has 0 saturated heterocycles. The van der Waals surface area contributed by atoms with Gasteiger partial charge in [-0.15, -0.1) is 23.7 Å². The molecule has 64 valence electrons. The number of hydrogen-bond acceptors (Lipinski definition) is 4. The van der Waals surface area contributed by atoms with Gasteiger partial charge in [-0.2, -0.15) is 0 Å². The summed E-state index contributed by atoms with van der Waals surface area (Å²) in [5.74, 6) is -0.170. The molecular formula is C4H7ClN2O2S2. The monoisotopic (exact) mass is 214 g/mol. The molecule has 4 nitrogen and oxygen atoms in total. The highest BCUT2D eigenvalue weighted by Gasteiger charge is 2.05. The quantitative estimate of drug-likeness (QED) is 0.772. The Kier molecular flexibility index (Phi) is 3.95. The summed E-state index contributed by atoms with van der Waals surface area (Å²) in [5.41, 5.74) is 2.08. The molecule has 0 unspecified atom stereocenters. The number of rotatable bonds is 2. The molecule has 7 heteroatoms. The molecule has 1 heterocycles. The number of primary sulfonamides is 1. The highest BCUT2D eigenvalue weighted by Crippen LogP contribution is 2.03. The maximum atomic E-state index is 10.4. The molecular weight excluding hydrogens is 208 g/mol.